The normalized spacial score (nSPS) is 17.6. The molecule has 1 aliphatic rings. The van der Waals surface area contributed by atoms with Crippen molar-refractivity contribution in [1.29, 1.82) is 0 Å². The number of Topliss-reactive ketones (excluding diaryl/α,β-unsaturated/α-hetero) is 1. The van der Waals surface area contributed by atoms with Crippen LogP contribution < -0.4 is 4.74 Å². The summed E-state index contributed by atoms with van der Waals surface area (Å²) in [7, 11) is 1.60. The van der Waals surface area contributed by atoms with E-state index >= 15 is 0 Å². The fourth-order valence-electron chi connectivity index (χ4n) is 3.89. The number of aromatic nitrogens is 1. The number of ketones is 1. The van der Waals surface area contributed by atoms with E-state index in [1.54, 1.807) is 19.2 Å². The summed E-state index contributed by atoms with van der Waals surface area (Å²) in [5.41, 5.74) is 1.92. The minimum Gasteiger partial charge on any atom is -0.497 e. The molecule has 2 aromatic carbocycles. The number of ether oxygens (including phenoxy) is 1. The first-order chi connectivity index (χ1) is 13.6. The highest BCUT2D eigenvalue weighted by molar-refractivity contribution is 5.98. The number of pyridine rings is 1. The summed E-state index contributed by atoms with van der Waals surface area (Å²) in [6.07, 6.45) is 1.84. The molecule has 1 atom stereocenters. The molecule has 0 saturated carbocycles. The maximum Gasteiger partial charge on any atom is 0.167 e. The van der Waals surface area contributed by atoms with Crippen LogP contribution in [0.25, 0.3) is 10.9 Å². The fraction of sp³-hybridized carbons (Fsp3) is 0.304. The Kier molecular flexibility index (Phi) is 5.35. The van der Waals surface area contributed by atoms with Crippen LogP contribution in [-0.2, 0) is 6.54 Å². The molecule has 2 heterocycles. The van der Waals surface area contributed by atoms with E-state index in [4.69, 9.17) is 4.74 Å². The van der Waals surface area contributed by atoms with Gasteiger partial charge in [0.05, 0.1) is 12.8 Å². The molecule has 0 bridgehead atoms. The third-order valence-electron chi connectivity index (χ3n) is 5.34. The monoisotopic (exact) mass is 378 g/mol. The Morgan fingerprint density at radius 3 is 2.93 bits per heavy atom. The third-order valence-corrected chi connectivity index (χ3v) is 5.34. The highest BCUT2D eigenvalue weighted by atomic mass is 19.1. The summed E-state index contributed by atoms with van der Waals surface area (Å²) in [4.78, 5) is 19.7. The highest BCUT2D eigenvalue weighted by Crippen LogP contribution is 2.24. The Hall–Kier alpha value is -2.79. The van der Waals surface area contributed by atoms with Crippen molar-refractivity contribution in [2.24, 2.45) is 5.92 Å². The predicted molar refractivity (Wildman–Crippen MR) is 107 cm³/mol. The van der Waals surface area contributed by atoms with Crippen LogP contribution in [-0.4, -0.2) is 35.9 Å². The largest absolute Gasteiger partial charge is 0.497 e. The first-order valence-electron chi connectivity index (χ1n) is 9.59. The number of carbonyl (C=O) groups excluding carboxylic acids is 1. The van der Waals surface area contributed by atoms with E-state index in [-0.39, 0.29) is 17.5 Å². The third kappa shape index (κ3) is 3.90. The van der Waals surface area contributed by atoms with Crippen molar-refractivity contribution in [3.8, 4) is 5.75 Å². The van der Waals surface area contributed by atoms with Gasteiger partial charge in [-0.25, -0.2) is 9.37 Å². The Morgan fingerprint density at radius 2 is 2.07 bits per heavy atom. The van der Waals surface area contributed by atoms with Crippen molar-refractivity contribution in [3.05, 3.63) is 71.7 Å². The predicted octanol–water partition coefficient (Wildman–Crippen LogP) is 4.48. The first kappa shape index (κ1) is 18.6. The number of halogens is 1. The van der Waals surface area contributed by atoms with Crippen molar-refractivity contribution >= 4 is 16.7 Å². The van der Waals surface area contributed by atoms with Crippen LogP contribution in [0.15, 0.2) is 54.6 Å². The number of nitrogens with zero attached hydrogens (tertiary/aromatic N) is 2. The van der Waals surface area contributed by atoms with Gasteiger partial charge in [0.2, 0.25) is 0 Å². The van der Waals surface area contributed by atoms with Crippen LogP contribution in [0.3, 0.4) is 0 Å². The zero-order valence-corrected chi connectivity index (χ0v) is 15.9. The second kappa shape index (κ2) is 8.07. The van der Waals surface area contributed by atoms with E-state index in [0.717, 1.165) is 30.5 Å². The number of likely N-dealkylation sites (tertiary alicyclic amines) is 1. The van der Waals surface area contributed by atoms with Crippen LogP contribution in [0.1, 0.15) is 28.9 Å². The molecule has 28 heavy (non-hydrogen) atoms. The highest BCUT2D eigenvalue weighted by Gasteiger charge is 2.27. The Labute approximate surface area is 164 Å². The number of para-hydroxylation sites is 1. The molecule has 1 fully saturated rings. The summed E-state index contributed by atoms with van der Waals surface area (Å²) < 4.78 is 19.3. The lowest BCUT2D eigenvalue weighted by molar-refractivity contribution is 0.0810. The number of methoxy groups -OCH3 is 1. The topological polar surface area (TPSA) is 42.4 Å². The quantitative estimate of drug-likeness (QED) is 0.614. The average molecular weight is 378 g/mol. The average Bonchev–Trinajstić information content (AvgIpc) is 2.74. The molecule has 0 N–H and O–H groups in total. The van der Waals surface area contributed by atoms with Gasteiger partial charge in [-0.3, -0.25) is 9.69 Å². The second-order valence-electron chi connectivity index (χ2n) is 7.28. The molecule has 4 rings (SSSR count). The summed E-state index contributed by atoms with van der Waals surface area (Å²) in [6.45, 7) is 2.22. The first-order valence-corrected chi connectivity index (χ1v) is 9.59. The molecule has 0 amide bonds. The lowest BCUT2D eigenvalue weighted by Gasteiger charge is -2.31. The van der Waals surface area contributed by atoms with E-state index in [2.05, 4.69) is 9.88 Å². The number of hydrogen-bond donors (Lipinski definition) is 0. The number of benzene rings is 2. The molecule has 0 unspecified atom stereocenters. The van der Waals surface area contributed by atoms with E-state index < -0.39 is 0 Å². The minimum atomic E-state index is -0.302. The smallest absolute Gasteiger partial charge is 0.167 e. The molecule has 0 spiro atoms. The van der Waals surface area contributed by atoms with Gasteiger partial charge < -0.3 is 4.74 Å². The van der Waals surface area contributed by atoms with Crippen LogP contribution in [0, 0.1) is 11.7 Å². The van der Waals surface area contributed by atoms with Gasteiger partial charge in [-0.05, 0) is 43.7 Å². The molecule has 1 aromatic heterocycles. The standard InChI is InChI=1S/C23H23FN2O2/c1-28-20-8-2-6-17(13-20)23(27)18-7-4-12-26(14-18)15-19-11-10-16-5-3-9-21(24)22(16)25-19/h2-3,5-6,8-11,13,18H,4,7,12,14-15H2,1H3/t18-/m1/s1. The van der Waals surface area contributed by atoms with Crippen molar-refractivity contribution in [3.63, 3.8) is 0 Å². The maximum atomic E-state index is 14.0. The van der Waals surface area contributed by atoms with Gasteiger partial charge in [0.15, 0.2) is 5.78 Å². The Balaban J connectivity index is 1.48. The van der Waals surface area contributed by atoms with Crippen molar-refractivity contribution in [2.45, 2.75) is 19.4 Å². The molecule has 5 heteroatoms. The second-order valence-corrected chi connectivity index (χ2v) is 7.28. The van der Waals surface area contributed by atoms with Gasteiger partial charge in [-0.1, -0.05) is 30.3 Å². The zero-order chi connectivity index (χ0) is 19.5. The van der Waals surface area contributed by atoms with Gasteiger partial charge >= 0.3 is 0 Å². The summed E-state index contributed by atoms with van der Waals surface area (Å²) in [6, 6.07) is 16.2. The van der Waals surface area contributed by atoms with Crippen LogP contribution in [0.5, 0.6) is 5.75 Å². The Bertz CT molecular complexity index is 1000. The summed E-state index contributed by atoms with van der Waals surface area (Å²) >= 11 is 0. The van der Waals surface area contributed by atoms with Gasteiger partial charge in [0, 0.05) is 30.0 Å². The summed E-state index contributed by atoms with van der Waals surface area (Å²) in [5.74, 6) is 0.504. The van der Waals surface area contributed by atoms with Crippen molar-refractivity contribution in [2.75, 3.05) is 20.2 Å². The van der Waals surface area contributed by atoms with E-state index in [9.17, 15) is 9.18 Å². The number of rotatable bonds is 5. The van der Waals surface area contributed by atoms with Gasteiger partial charge in [0.25, 0.3) is 0 Å². The number of carbonyl (C=O) groups is 1. The van der Waals surface area contributed by atoms with Crippen LogP contribution >= 0.6 is 0 Å². The van der Waals surface area contributed by atoms with Crippen LogP contribution in [0.4, 0.5) is 4.39 Å². The maximum absolute atomic E-state index is 14.0. The molecule has 0 aliphatic carbocycles. The van der Waals surface area contributed by atoms with E-state index in [0.29, 0.717) is 29.9 Å². The zero-order valence-electron chi connectivity index (χ0n) is 15.9. The van der Waals surface area contributed by atoms with Crippen molar-refractivity contribution in [1.82, 2.24) is 9.88 Å². The van der Waals surface area contributed by atoms with E-state index in [1.165, 1.54) is 6.07 Å². The molecular weight excluding hydrogens is 355 g/mol. The van der Waals surface area contributed by atoms with Gasteiger partial charge in [0.1, 0.15) is 17.1 Å². The van der Waals surface area contributed by atoms with Gasteiger partial charge in [-0.2, -0.15) is 0 Å². The molecule has 0 radical (unpaired) electrons. The molecular formula is C23H23FN2O2. The van der Waals surface area contributed by atoms with Crippen LogP contribution in [0.2, 0.25) is 0 Å². The molecule has 144 valence electrons. The van der Waals surface area contributed by atoms with Gasteiger partial charge in [-0.15, -0.1) is 0 Å². The fourth-order valence-corrected chi connectivity index (χ4v) is 3.89. The number of hydrogen-bond acceptors (Lipinski definition) is 4. The summed E-state index contributed by atoms with van der Waals surface area (Å²) in [5, 5.41) is 0.800. The van der Waals surface area contributed by atoms with Crippen molar-refractivity contribution < 1.29 is 13.9 Å². The molecule has 1 saturated heterocycles. The molecule has 4 nitrogen and oxygen atoms in total. The number of fused-ring (bicyclic) bond motifs is 1. The molecule has 3 aromatic rings. The molecule has 1 aliphatic heterocycles. The SMILES string of the molecule is COc1cccc(C(=O)[C@@H]2CCCN(Cc3ccc4cccc(F)c4n3)C2)c1. The lowest BCUT2D eigenvalue weighted by atomic mass is 9.90. The minimum absolute atomic E-state index is 0.0435. The lowest BCUT2D eigenvalue weighted by Crippen LogP contribution is -2.38. The number of piperidine rings is 1. The van der Waals surface area contributed by atoms with E-state index in [1.807, 2.05) is 36.4 Å². The Morgan fingerprint density at radius 1 is 1.21 bits per heavy atom.